The summed E-state index contributed by atoms with van der Waals surface area (Å²) in [5.74, 6) is 0. The van der Waals surface area contributed by atoms with Crippen molar-refractivity contribution < 1.29 is 0 Å². The van der Waals surface area contributed by atoms with E-state index in [4.69, 9.17) is 5.73 Å². The Kier molecular flexibility index (Phi) is 3.58. The molecule has 2 heteroatoms. The van der Waals surface area contributed by atoms with Crippen LogP contribution in [-0.4, -0.2) is 6.21 Å². The third-order valence-electron chi connectivity index (χ3n) is 0.470. The average Bonchev–Trinajstić information content (AvgIpc) is 1.66. The van der Waals surface area contributed by atoms with E-state index in [0.717, 1.165) is 0 Å². The van der Waals surface area contributed by atoms with Crippen molar-refractivity contribution in [2.75, 3.05) is 0 Å². The van der Waals surface area contributed by atoms with Crippen LogP contribution in [0.1, 0.15) is 6.92 Å². The maximum Gasteiger partial charge on any atom is 0.0452 e. The van der Waals surface area contributed by atoms with Gasteiger partial charge in [-0.25, -0.2) is 0 Å². The van der Waals surface area contributed by atoms with Gasteiger partial charge in [0, 0.05) is 18.1 Å². The largest absolute Gasteiger partial charge is 0.401 e. The standard InChI is InChI=1S/C6H10N2/c1-3-4-8-5-6(2)7/h3-5H,1,7H2,2H3/b6-5-,8-4-. The van der Waals surface area contributed by atoms with Crippen molar-refractivity contribution in [1.29, 1.82) is 0 Å². The third-order valence-corrected chi connectivity index (χ3v) is 0.470. The van der Waals surface area contributed by atoms with Crippen molar-refractivity contribution in [2.24, 2.45) is 10.7 Å². The lowest BCUT2D eigenvalue weighted by Gasteiger charge is -1.80. The molecule has 8 heavy (non-hydrogen) atoms. The highest BCUT2D eigenvalue weighted by atomic mass is 14.7. The molecule has 0 radical (unpaired) electrons. The van der Waals surface area contributed by atoms with Crippen molar-refractivity contribution >= 4 is 6.21 Å². The molecule has 0 unspecified atom stereocenters. The zero-order valence-electron chi connectivity index (χ0n) is 4.96. The first-order valence-electron chi connectivity index (χ1n) is 2.34. The van der Waals surface area contributed by atoms with Crippen LogP contribution < -0.4 is 5.73 Å². The molecule has 0 aliphatic rings. The normalized spacial score (nSPS) is 12.4. The van der Waals surface area contributed by atoms with E-state index in [2.05, 4.69) is 11.6 Å². The van der Waals surface area contributed by atoms with Gasteiger partial charge in [-0.1, -0.05) is 12.7 Å². The molecule has 44 valence electrons. The smallest absolute Gasteiger partial charge is 0.0452 e. The Morgan fingerprint density at radius 2 is 2.38 bits per heavy atom. The highest BCUT2D eigenvalue weighted by Crippen LogP contribution is 1.77. The van der Waals surface area contributed by atoms with Crippen LogP contribution in [0.5, 0.6) is 0 Å². The summed E-state index contributed by atoms with van der Waals surface area (Å²) < 4.78 is 0. The van der Waals surface area contributed by atoms with Crippen molar-refractivity contribution in [2.45, 2.75) is 6.92 Å². The fraction of sp³-hybridized carbons (Fsp3) is 0.167. The zero-order valence-corrected chi connectivity index (χ0v) is 4.96. The fourth-order valence-electron chi connectivity index (χ4n) is 0.221. The zero-order chi connectivity index (χ0) is 6.41. The van der Waals surface area contributed by atoms with Gasteiger partial charge in [0.15, 0.2) is 0 Å². The molecule has 0 aliphatic carbocycles. The molecule has 0 aromatic rings. The molecule has 0 saturated heterocycles. The maximum atomic E-state index is 5.25. The number of allylic oxidation sites excluding steroid dienone is 2. The lowest BCUT2D eigenvalue weighted by atomic mass is 10.6. The van der Waals surface area contributed by atoms with Gasteiger partial charge in [0.2, 0.25) is 0 Å². The minimum absolute atomic E-state index is 0.697. The molecule has 2 N–H and O–H groups in total. The van der Waals surface area contributed by atoms with E-state index in [1.165, 1.54) is 0 Å². The summed E-state index contributed by atoms with van der Waals surface area (Å²) in [6, 6.07) is 0. The summed E-state index contributed by atoms with van der Waals surface area (Å²) in [6.45, 7) is 5.22. The van der Waals surface area contributed by atoms with Gasteiger partial charge in [-0.2, -0.15) is 0 Å². The minimum Gasteiger partial charge on any atom is -0.401 e. The van der Waals surface area contributed by atoms with E-state index in [-0.39, 0.29) is 0 Å². The van der Waals surface area contributed by atoms with Gasteiger partial charge < -0.3 is 5.73 Å². The van der Waals surface area contributed by atoms with Crippen LogP contribution in [0.4, 0.5) is 0 Å². The van der Waals surface area contributed by atoms with Crippen LogP contribution >= 0.6 is 0 Å². The molecule has 0 heterocycles. The van der Waals surface area contributed by atoms with Crippen molar-refractivity contribution in [3.05, 3.63) is 24.6 Å². The molecule has 0 spiro atoms. The molecule has 0 aromatic heterocycles. The van der Waals surface area contributed by atoms with Crippen LogP contribution in [-0.2, 0) is 0 Å². The van der Waals surface area contributed by atoms with Crippen LogP contribution in [0, 0.1) is 0 Å². The van der Waals surface area contributed by atoms with E-state index in [0.29, 0.717) is 5.70 Å². The van der Waals surface area contributed by atoms with Gasteiger partial charge in [-0.05, 0) is 6.92 Å². The second-order valence-corrected chi connectivity index (χ2v) is 1.41. The second kappa shape index (κ2) is 4.12. The Balaban J connectivity index is 3.57. The predicted molar refractivity (Wildman–Crippen MR) is 36.6 cm³/mol. The number of hydrogen-bond acceptors (Lipinski definition) is 2. The highest BCUT2D eigenvalue weighted by molar-refractivity contribution is 5.70. The van der Waals surface area contributed by atoms with Crippen LogP contribution in [0.25, 0.3) is 0 Å². The first kappa shape index (κ1) is 6.95. The van der Waals surface area contributed by atoms with Crippen LogP contribution in [0.3, 0.4) is 0 Å². The Hall–Kier alpha value is -1.05. The molecule has 0 atom stereocenters. The molecule has 0 aliphatic heterocycles. The van der Waals surface area contributed by atoms with Crippen LogP contribution in [0.15, 0.2) is 29.5 Å². The third kappa shape index (κ3) is 4.95. The van der Waals surface area contributed by atoms with Gasteiger partial charge in [0.1, 0.15) is 0 Å². The molecule has 0 saturated carbocycles. The second-order valence-electron chi connectivity index (χ2n) is 1.41. The number of nitrogens with two attached hydrogens (primary N) is 1. The molecular weight excluding hydrogens is 100 g/mol. The summed E-state index contributed by atoms with van der Waals surface area (Å²) in [4.78, 5) is 3.76. The van der Waals surface area contributed by atoms with Gasteiger partial charge in [-0.15, -0.1) is 0 Å². The van der Waals surface area contributed by atoms with Crippen LogP contribution in [0.2, 0.25) is 0 Å². The minimum atomic E-state index is 0.697. The van der Waals surface area contributed by atoms with Crippen molar-refractivity contribution in [3.63, 3.8) is 0 Å². The Morgan fingerprint density at radius 3 is 2.75 bits per heavy atom. The van der Waals surface area contributed by atoms with Crippen molar-refractivity contribution in [1.82, 2.24) is 0 Å². The molecule has 0 rings (SSSR count). The lowest BCUT2D eigenvalue weighted by molar-refractivity contribution is 1.28. The number of aliphatic imine (C=N–C) groups is 1. The maximum absolute atomic E-state index is 5.25. The number of hydrogen-bond donors (Lipinski definition) is 1. The van der Waals surface area contributed by atoms with Crippen molar-refractivity contribution in [3.8, 4) is 0 Å². The Morgan fingerprint density at radius 1 is 1.75 bits per heavy atom. The monoisotopic (exact) mass is 110 g/mol. The summed E-state index contributed by atoms with van der Waals surface area (Å²) >= 11 is 0. The summed E-state index contributed by atoms with van der Waals surface area (Å²) in [5, 5.41) is 0. The topological polar surface area (TPSA) is 38.4 Å². The van der Waals surface area contributed by atoms with E-state index in [9.17, 15) is 0 Å². The van der Waals surface area contributed by atoms with Gasteiger partial charge in [-0.3, -0.25) is 4.99 Å². The highest BCUT2D eigenvalue weighted by Gasteiger charge is 1.66. The lowest BCUT2D eigenvalue weighted by Crippen LogP contribution is -1.87. The predicted octanol–water partition coefficient (Wildman–Crippen LogP) is 1.06. The Labute approximate surface area is 49.4 Å². The molecule has 0 amide bonds. The molecule has 0 aromatic carbocycles. The van der Waals surface area contributed by atoms with Gasteiger partial charge in [0.05, 0.1) is 0 Å². The summed E-state index contributed by atoms with van der Waals surface area (Å²) in [7, 11) is 0. The van der Waals surface area contributed by atoms with E-state index >= 15 is 0 Å². The molecule has 0 fully saturated rings. The fourth-order valence-corrected chi connectivity index (χ4v) is 0.221. The summed E-state index contributed by atoms with van der Waals surface area (Å²) in [6.07, 6.45) is 4.75. The van der Waals surface area contributed by atoms with Gasteiger partial charge >= 0.3 is 0 Å². The first-order valence-corrected chi connectivity index (χ1v) is 2.34. The number of rotatable bonds is 2. The molecular formula is C6H10N2. The van der Waals surface area contributed by atoms with Gasteiger partial charge in [0.25, 0.3) is 0 Å². The first-order chi connectivity index (χ1) is 3.77. The Bertz CT molecular complexity index is 118. The molecule has 2 nitrogen and oxygen atoms in total. The molecule has 0 bridgehead atoms. The number of nitrogens with zero attached hydrogens (tertiary/aromatic N) is 1. The summed E-state index contributed by atoms with van der Waals surface area (Å²) in [5.41, 5.74) is 5.94. The average molecular weight is 110 g/mol. The van der Waals surface area contributed by atoms with E-state index in [1.54, 1.807) is 25.4 Å². The van der Waals surface area contributed by atoms with E-state index in [1.807, 2.05) is 0 Å². The quantitative estimate of drug-likeness (QED) is 0.530. The van der Waals surface area contributed by atoms with E-state index < -0.39 is 0 Å². The SMILES string of the molecule is C=C/C=N\C=C(\C)N.